The van der Waals surface area contributed by atoms with Crippen LogP contribution < -0.4 is 10.6 Å². The Morgan fingerprint density at radius 2 is 1.94 bits per heavy atom. The summed E-state index contributed by atoms with van der Waals surface area (Å²) in [6, 6.07) is 3.02. The van der Waals surface area contributed by atoms with Gasteiger partial charge < -0.3 is 10.6 Å². The van der Waals surface area contributed by atoms with E-state index in [4.69, 9.17) is 5.73 Å². The molecule has 2 nitrogen and oxygen atoms in total. The molecule has 0 heterocycles. The lowest BCUT2D eigenvalue weighted by Gasteiger charge is -2.28. The highest BCUT2D eigenvalue weighted by molar-refractivity contribution is 7.80. The summed E-state index contributed by atoms with van der Waals surface area (Å²) in [6.45, 7) is 6.32. The quantitative estimate of drug-likeness (QED) is 0.842. The van der Waals surface area contributed by atoms with Gasteiger partial charge >= 0.3 is 0 Å². The molecule has 0 radical (unpaired) electrons. The van der Waals surface area contributed by atoms with Crippen LogP contribution in [0, 0.1) is 11.6 Å². The van der Waals surface area contributed by atoms with Gasteiger partial charge in [-0.15, -0.1) is 0 Å². The second-order valence-corrected chi connectivity index (χ2v) is 4.44. The van der Waals surface area contributed by atoms with E-state index in [9.17, 15) is 8.78 Å². The average molecular weight is 258 g/mol. The Morgan fingerprint density at radius 3 is 2.35 bits per heavy atom. The van der Waals surface area contributed by atoms with Gasteiger partial charge in [0.2, 0.25) is 0 Å². The monoisotopic (exact) mass is 258 g/mol. The van der Waals surface area contributed by atoms with Crippen molar-refractivity contribution in [2.45, 2.75) is 26.8 Å². The molecule has 1 rings (SSSR count). The van der Waals surface area contributed by atoms with Crippen LogP contribution in [0.1, 0.15) is 26.3 Å². The maximum atomic E-state index is 13.9. The number of nitrogens with two attached hydrogens (primary N) is 1. The molecule has 94 valence electrons. The van der Waals surface area contributed by atoms with E-state index in [0.29, 0.717) is 6.54 Å². The fraction of sp³-hybridized carbons (Fsp3) is 0.417. The number of halogens is 2. The molecule has 0 bridgehead atoms. The maximum absolute atomic E-state index is 13.9. The Labute approximate surface area is 105 Å². The van der Waals surface area contributed by atoms with E-state index in [1.165, 1.54) is 12.1 Å². The minimum atomic E-state index is -0.978. The zero-order valence-electron chi connectivity index (χ0n) is 10.1. The molecule has 0 amide bonds. The Kier molecular flexibility index (Phi) is 4.40. The number of nitrogens with zero attached hydrogens (tertiary/aromatic N) is 1. The molecule has 0 atom stereocenters. The molecule has 0 spiro atoms. The van der Waals surface area contributed by atoms with Crippen LogP contribution in [-0.4, -0.2) is 17.6 Å². The second kappa shape index (κ2) is 5.40. The summed E-state index contributed by atoms with van der Waals surface area (Å²) >= 11 is 4.66. The van der Waals surface area contributed by atoms with Gasteiger partial charge in [-0.05, 0) is 32.9 Å². The third kappa shape index (κ3) is 2.72. The molecule has 0 fully saturated rings. The van der Waals surface area contributed by atoms with E-state index >= 15 is 0 Å². The van der Waals surface area contributed by atoms with Crippen LogP contribution >= 0.6 is 12.2 Å². The van der Waals surface area contributed by atoms with Crippen LogP contribution in [-0.2, 0) is 0 Å². The van der Waals surface area contributed by atoms with Crippen LogP contribution in [0.3, 0.4) is 0 Å². The maximum Gasteiger partial charge on any atom is 0.182 e. The molecule has 0 aliphatic rings. The van der Waals surface area contributed by atoms with Crippen molar-refractivity contribution in [3.05, 3.63) is 29.3 Å². The predicted octanol–water partition coefficient (Wildman–Crippen LogP) is 2.83. The highest BCUT2D eigenvalue weighted by Crippen LogP contribution is 2.25. The largest absolute Gasteiger partial charge is 0.389 e. The first-order chi connectivity index (χ1) is 7.90. The van der Waals surface area contributed by atoms with Crippen molar-refractivity contribution >= 4 is 22.9 Å². The smallest absolute Gasteiger partial charge is 0.182 e. The number of benzene rings is 1. The second-order valence-electron chi connectivity index (χ2n) is 4.00. The van der Waals surface area contributed by atoms with Gasteiger partial charge in [-0.25, -0.2) is 8.78 Å². The fourth-order valence-electron chi connectivity index (χ4n) is 1.77. The number of hydrogen-bond acceptors (Lipinski definition) is 2. The lowest BCUT2D eigenvalue weighted by Crippen LogP contribution is -2.31. The van der Waals surface area contributed by atoms with Gasteiger partial charge in [0.15, 0.2) is 11.6 Å². The number of rotatable bonds is 4. The number of anilines is 1. The van der Waals surface area contributed by atoms with Crippen LogP contribution in [0.5, 0.6) is 0 Å². The topological polar surface area (TPSA) is 29.3 Å². The first kappa shape index (κ1) is 13.8. The zero-order chi connectivity index (χ0) is 13.2. The van der Waals surface area contributed by atoms with E-state index in [1.807, 2.05) is 20.8 Å². The molecule has 0 saturated carbocycles. The molecular weight excluding hydrogens is 242 g/mol. The molecule has 0 aromatic heterocycles. The van der Waals surface area contributed by atoms with Crippen LogP contribution in [0.2, 0.25) is 0 Å². The minimum Gasteiger partial charge on any atom is -0.389 e. The van der Waals surface area contributed by atoms with Crippen molar-refractivity contribution in [2.75, 3.05) is 11.4 Å². The SMILES string of the molecule is CCN(c1ccc(C(N)=S)c(F)c1F)C(C)C. The lowest BCUT2D eigenvalue weighted by atomic mass is 10.1. The molecule has 0 aliphatic heterocycles. The first-order valence-corrected chi connectivity index (χ1v) is 5.85. The Hall–Kier alpha value is -1.23. The van der Waals surface area contributed by atoms with Gasteiger partial charge in [0.1, 0.15) is 4.99 Å². The number of thiocarbonyl (C=S) groups is 1. The molecule has 0 aliphatic carbocycles. The van der Waals surface area contributed by atoms with Crippen molar-refractivity contribution in [1.29, 1.82) is 0 Å². The minimum absolute atomic E-state index is 0.0546. The van der Waals surface area contributed by atoms with E-state index < -0.39 is 11.6 Å². The van der Waals surface area contributed by atoms with E-state index in [1.54, 1.807) is 4.90 Å². The molecule has 0 unspecified atom stereocenters. The molecule has 2 N–H and O–H groups in total. The fourth-order valence-corrected chi connectivity index (χ4v) is 1.92. The van der Waals surface area contributed by atoms with Crippen molar-refractivity contribution < 1.29 is 8.78 Å². The highest BCUT2D eigenvalue weighted by Gasteiger charge is 2.19. The predicted molar refractivity (Wildman–Crippen MR) is 70.4 cm³/mol. The Bertz CT molecular complexity index is 433. The summed E-state index contributed by atoms with van der Waals surface area (Å²) < 4.78 is 27.6. The lowest BCUT2D eigenvalue weighted by molar-refractivity contribution is 0.502. The number of hydrogen-bond donors (Lipinski definition) is 1. The average Bonchev–Trinajstić information content (AvgIpc) is 2.24. The summed E-state index contributed by atoms with van der Waals surface area (Å²) in [5.74, 6) is -1.88. The van der Waals surface area contributed by atoms with Crippen LogP contribution in [0.4, 0.5) is 14.5 Å². The Balaban J connectivity index is 3.29. The van der Waals surface area contributed by atoms with Gasteiger partial charge in [0.05, 0.1) is 5.69 Å². The van der Waals surface area contributed by atoms with Gasteiger partial charge in [0.25, 0.3) is 0 Å². The summed E-state index contributed by atoms with van der Waals surface area (Å²) in [5.41, 5.74) is 5.49. The molecule has 5 heteroatoms. The van der Waals surface area contributed by atoms with Crippen LogP contribution in [0.15, 0.2) is 12.1 Å². The summed E-state index contributed by atoms with van der Waals surface area (Å²) in [4.78, 5) is 1.63. The molecule has 1 aromatic rings. The third-order valence-corrected chi connectivity index (χ3v) is 2.82. The van der Waals surface area contributed by atoms with E-state index in [0.717, 1.165) is 0 Å². The third-order valence-electron chi connectivity index (χ3n) is 2.60. The van der Waals surface area contributed by atoms with Crippen molar-refractivity contribution in [3.63, 3.8) is 0 Å². The normalized spacial score (nSPS) is 10.7. The highest BCUT2D eigenvalue weighted by atomic mass is 32.1. The summed E-state index contributed by atoms with van der Waals surface area (Å²) in [6.07, 6.45) is 0. The van der Waals surface area contributed by atoms with Gasteiger partial charge in [-0.3, -0.25) is 0 Å². The molecule has 0 saturated heterocycles. The van der Waals surface area contributed by atoms with Gasteiger partial charge in [0, 0.05) is 18.2 Å². The van der Waals surface area contributed by atoms with Gasteiger partial charge in [-0.1, -0.05) is 12.2 Å². The van der Waals surface area contributed by atoms with Crippen molar-refractivity contribution in [2.24, 2.45) is 5.73 Å². The van der Waals surface area contributed by atoms with Crippen molar-refractivity contribution in [1.82, 2.24) is 0 Å². The van der Waals surface area contributed by atoms with E-state index in [2.05, 4.69) is 12.2 Å². The first-order valence-electron chi connectivity index (χ1n) is 5.44. The van der Waals surface area contributed by atoms with Gasteiger partial charge in [-0.2, -0.15) is 0 Å². The molecule has 17 heavy (non-hydrogen) atoms. The summed E-state index contributed by atoms with van der Waals surface area (Å²) in [5, 5.41) is 0. The molecule has 1 aromatic carbocycles. The Morgan fingerprint density at radius 1 is 1.35 bits per heavy atom. The van der Waals surface area contributed by atoms with Crippen molar-refractivity contribution in [3.8, 4) is 0 Å². The van der Waals surface area contributed by atoms with E-state index in [-0.39, 0.29) is 22.3 Å². The zero-order valence-corrected chi connectivity index (χ0v) is 10.9. The molecular formula is C12H16F2N2S. The standard InChI is InChI=1S/C12H16F2N2S/c1-4-16(7(2)3)9-6-5-8(12(15)17)10(13)11(9)14/h5-7H,4H2,1-3H3,(H2,15,17). The summed E-state index contributed by atoms with van der Waals surface area (Å²) in [7, 11) is 0. The van der Waals surface area contributed by atoms with Crippen LogP contribution in [0.25, 0.3) is 0 Å².